The summed E-state index contributed by atoms with van der Waals surface area (Å²) in [6.07, 6.45) is 6.84. The van der Waals surface area contributed by atoms with Gasteiger partial charge in [-0.1, -0.05) is 44.2 Å². The highest BCUT2D eigenvalue weighted by Gasteiger charge is 2.43. The summed E-state index contributed by atoms with van der Waals surface area (Å²) in [5.74, 6) is 0. The van der Waals surface area contributed by atoms with Gasteiger partial charge in [-0.2, -0.15) is 0 Å². The number of hydrogen-bond donors (Lipinski definition) is 0. The molecule has 2 aliphatic rings. The highest BCUT2D eigenvalue weighted by molar-refractivity contribution is 5.75. The summed E-state index contributed by atoms with van der Waals surface area (Å²) < 4.78 is 12.6. The smallest absolute Gasteiger partial charge is 0.292 e. The van der Waals surface area contributed by atoms with Crippen LogP contribution in [0.25, 0.3) is 0 Å². The van der Waals surface area contributed by atoms with E-state index in [1.54, 1.807) is 6.20 Å². The maximum atomic E-state index is 6.30. The third-order valence-electron chi connectivity index (χ3n) is 5.56. The molecule has 1 spiro atoms. The van der Waals surface area contributed by atoms with E-state index in [1.807, 2.05) is 0 Å². The van der Waals surface area contributed by atoms with Gasteiger partial charge in [0.05, 0.1) is 12.2 Å². The number of unbranched alkanes of at least 4 members (excludes halogenated alkanes) is 1. The molecular weight excluding hydrogens is 324 g/mol. The number of hydrogen-bond acceptors (Lipinski definition) is 3. The predicted molar refractivity (Wildman–Crippen MR) is 106 cm³/mol. The topological polar surface area (TPSA) is 34.1 Å². The number of ether oxygens (including phenoxy) is 2. The van der Waals surface area contributed by atoms with Crippen molar-refractivity contribution in [3.05, 3.63) is 48.2 Å². The zero-order valence-electron chi connectivity index (χ0n) is 16.5. The van der Waals surface area contributed by atoms with Crippen LogP contribution in [-0.4, -0.2) is 29.6 Å². The number of piperidine rings is 1. The van der Waals surface area contributed by atoms with Crippen LogP contribution >= 0.6 is 0 Å². The van der Waals surface area contributed by atoms with Crippen LogP contribution in [0.15, 0.2) is 42.0 Å². The van der Waals surface area contributed by atoms with E-state index < -0.39 is 0 Å². The van der Waals surface area contributed by atoms with Gasteiger partial charge >= 0.3 is 0 Å². The zero-order valence-corrected chi connectivity index (χ0v) is 16.5. The van der Waals surface area contributed by atoms with Gasteiger partial charge in [-0.05, 0) is 50.7 Å². The number of aliphatic imine (C=N–C) groups is 1. The van der Waals surface area contributed by atoms with Crippen molar-refractivity contribution in [1.82, 2.24) is 4.90 Å². The number of rotatable bonds is 5. The largest absolute Gasteiger partial charge is 0.459 e. The lowest BCUT2D eigenvalue weighted by atomic mass is 9.84. The Morgan fingerprint density at radius 1 is 1.35 bits per heavy atom. The van der Waals surface area contributed by atoms with E-state index in [0.29, 0.717) is 6.02 Å². The van der Waals surface area contributed by atoms with E-state index in [4.69, 9.17) is 9.47 Å². The molecule has 0 amide bonds. The molecule has 0 N–H and O–H groups in total. The van der Waals surface area contributed by atoms with Crippen molar-refractivity contribution in [1.29, 1.82) is 0 Å². The fraction of sp³-hybridized carbons (Fsp3) is 0.591. The van der Waals surface area contributed by atoms with Crippen LogP contribution in [-0.2, 0) is 21.7 Å². The minimum atomic E-state index is -0.219. The molecule has 1 aromatic rings. The van der Waals surface area contributed by atoms with Crippen LogP contribution in [0.1, 0.15) is 64.0 Å². The fourth-order valence-corrected chi connectivity index (χ4v) is 4.01. The predicted octanol–water partition coefficient (Wildman–Crippen LogP) is 4.99. The Hall–Kier alpha value is -1.81. The summed E-state index contributed by atoms with van der Waals surface area (Å²) in [5.41, 5.74) is 2.34. The molecule has 0 saturated carbocycles. The summed E-state index contributed by atoms with van der Waals surface area (Å²) in [6, 6.07) is 9.31. The lowest BCUT2D eigenvalue weighted by Gasteiger charge is -2.41. The van der Waals surface area contributed by atoms with Crippen LogP contribution < -0.4 is 0 Å². The molecule has 4 nitrogen and oxygen atoms in total. The SMILES string of the molecule is C=CN=C(OC(C)(C)CCCC)N1CCC2(CC1)OCc1ccccc12. The number of amidine groups is 1. The monoisotopic (exact) mass is 356 g/mol. The number of nitrogens with zero attached hydrogens (tertiary/aromatic N) is 2. The van der Waals surface area contributed by atoms with Gasteiger partial charge in [0.15, 0.2) is 0 Å². The summed E-state index contributed by atoms with van der Waals surface area (Å²) in [5, 5.41) is 0. The van der Waals surface area contributed by atoms with Crippen molar-refractivity contribution < 1.29 is 9.47 Å². The molecule has 0 bridgehead atoms. The van der Waals surface area contributed by atoms with Gasteiger partial charge in [0, 0.05) is 19.3 Å². The summed E-state index contributed by atoms with van der Waals surface area (Å²) >= 11 is 0. The molecule has 1 fully saturated rings. The molecular formula is C22H32N2O2. The molecule has 142 valence electrons. The van der Waals surface area contributed by atoms with Crippen molar-refractivity contribution in [2.24, 2.45) is 4.99 Å². The average molecular weight is 357 g/mol. The second-order valence-electron chi connectivity index (χ2n) is 7.99. The van der Waals surface area contributed by atoms with E-state index in [9.17, 15) is 0 Å². The third kappa shape index (κ3) is 3.96. The Labute approximate surface area is 157 Å². The van der Waals surface area contributed by atoms with E-state index in [1.165, 1.54) is 17.5 Å². The highest BCUT2D eigenvalue weighted by Crippen LogP contribution is 2.44. The second kappa shape index (κ2) is 7.83. The van der Waals surface area contributed by atoms with Crippen molar-refractivity contribution in [2.75, 3.05) is 13.1 Å². The van der Waals surface area contributed by atoms with Gasteiger partial charge in [-0.15, -0.1) is 0 Å². The average Bonchev–Trinajstić information content (AvgIpc) is 2.99. The first kappa shape index (κ1) is 19.0. The molecule has 1 saturated heterocycles. The van der Waals surface area contributed by atoms with Crippen molar-refractivity contribution >= 4 is 6.02 Å². The number of benzene rings is 1. The molecule has 3 rings (SSSR count). The maximum Gasteiger partial charge on any atom is 0.292 e. The Morgan fingerprint density at radius 3 is 2.77 bits per heavy atom. The third-order valence-corrected chi connectivity index (χ3v) is 5.56. The van der Waals surface area contributed by atoms with Crippen molar-refractivity contribution in [2.45, 2.75) is 70.7 Å². The second-order valence-corrected chi connectivity index (χ2v) is 7.99. The first-order valence-electron chi connectivity index (χ1n) is 9.85. The lowest BCUT2D eigenvalue weighted by molar-refractivity contribution is -0.0748. The molecule has 4 heteroatoms. The molecule has 1 aromatic carbocycles. The molecule has 0 unspecified atom stereocenters. The van der Waals surface area contributed by atoms with Gasteiger partial charge in [0.2, 0.25) is 0 Å². The molecule has 0 atom stereocenters. The summed E-state index contributed by atoms with van der Waals surface area (Å²) in [7, 11) is 0. The first-order chi connectivity index (χ1) is 12.5. The van der Waals surface area contributed by atoms with Crippen molar-refractivity contribution in [3.63, 3.8) is 0 Å². The summed E-state index contributed by atoms with van der Waals surface area (Å²) in [6.45, 7) is 12.7. The van der Waals surface area contributed by atoms with Crippen LogP contribution in [0.2, 0.25) is 0 Å². The Kier molecular flexibility index (Phi) is 5.71. The quantitative estimate of drug-likeness (QED) is 0.550. The van der Waals surface area contributed by atoms with E-state index in [0.717, 1.165) is 45.4 Å². The standard InChI is InChI=1S/C22H32N2O2/c1-5-7-12-21(3,4)26-20(23-6-2)24-15-13-22(14-16-24)19-11-9-8-10-18(19)17-25-22/h6,8-11H,2,5,7,12-17H2,1,3-4H3. The van der Waals surface area contributed by atoms with Crippen LogP contribution in [0, 0.1) is 0 Å². The lowest BCUT2D eigenvalue weighted by Crippen LogP contribution is -2.47. The van der Waals surface area contributed by atoms with Gasteiger partial charge in [-0.25, -0.2) is 4.99 Å². The van der Waals surface area contributed by atoms with E-state index in [-0.39, 0.29) is 11.2 Å². The summed E-state index contributed by atoms with van der Waals surface area (Å²) in [4.78, 5) is 6.68. The van der Waals surface area contributed by atoms with Crippen LogP contribution in [0.4, 0.5) is 0 Å². The van der Waals surface area contributed by atoms with Gasteiger partial charge in [-0.3, -0.25) is 0 Å². The fourth-order valence-electron chi connectivity index (χ4n) is 4.01. The molecule has 0 aromatic heterocycles. The Balaban J connectivity index is 1.68. The maximum absolute atomic E-state index is 6.30. The van der Waals surface area contributed by atoms with Crippen molar-refractivity contribution in [3.8, 4) is 0 Å². The van der Waals surface area contributed by atoms with Crippen LogP contribution in [0.3, 0.4) is 0 Å². The molecule has 0 aliphatic carbocycles. The van der Waals surface area contributed by atoms with Gasteiger partial charge in [0.1, 0.15) is 5.60 Å². The van der Waals surface area contributed by atoms with Crippen LogP contribution in [0.5, 0.6) is 0 Å². The number of fused-ring (bicyclic) bond motifs is 2. The van der Waals surface area contributed by atoms with E-state index >= 15 is 0 Å². The minimum absolute atomic E-state index is 0.135. The highest BCUT2D eigenvalue weighted by atomic mass is 16.5. The molecule has 2 aliphatic heterocycles. The Morgan fingerprint density at radius 2 is 2.08 bits per heavy atom. The first-order valence-corrected chi connectivity index (χ1v) is 9.85. The molecule has 26 heavy (non-hydrogen) atoms. The van der Waals surface area contributed by atoms with E-state index in [2.05, 4.69) is 61.5 Å². The van der Waals surface area contributed by atoms with Gasteiger partial charge in [0.25, 0.3) is 6.02 Å². The molecule has 0 radical (unpaired) electrons. The van der Waals surface area contributed by atoms with Gasteiger partial charge < -0.3 is 14.4 Å². The zero-order chi connectivity index (χ0) is 18.6. The normalized spacial score (nSPS) is 19.5. The minimum Gasteiger partial charge on any atom is -0.459 e. The number of likely N-dealkylation sites (tertiary alicyclic amines) is 1. The Bertz CT molecular complexity index is 658. The molecule has 2 heterocycles.